The first-order valence-electron chi connectivity index (χ1n) is 6.26. The summed E-state index contributed by atoms with van der Waals surface area (Å²) in [5, 5.41) is 9.00. The maximum absolute atomic E-state index is 12.1. The van der Waals surface area contributed by atoms with Gasteiger partial charge in [0.15, 0.2) is 0 Å². The molecule has 0 fully saturated rings. The number of thiophene rings is 2. The van der Waals surface area contributed by atoms with Crippen molar-refractivity contribution in [2.45, 2.75) is 6.04 Å². The molecule has 21 heavy (non-hydrogen) atoms. The average molecular weight is 332 g/mol. The Bertz CT molecular complexity index is 666. The minimum Gasteiger partial charge on any atom is -0.340 e. The van der Waals surface area contributed by atoms with Gasteiger partial charge in [-0.3, -0.25) is 4.79 Å². The van der Waals surface area contributed by atoms with Crippen molar-refractivity contribution in [2.75, 3.05) is 0 Å². The molecule has 0 spiro atoms. The third kappa shape index (κ3) is 3.66. The zero-order valence-electron chi connectivity index (χ0n) is 10.9. The van der Waals surface area contributed by atoms with Gasteiger partial charge < -0.3 is 5.32 Å². The molecule has 0 saturated heterocycles. The van der Waals surface area contributed by atoms with Gasteiger partial charge in [-0.2, -0.15) is 0 Å². The minimum atomic E-state index is -0.116. The molecule has 1 N–H and O–H groups in total. The molecule has 3 aromatic rings. The van der Waals surface area contributed by atoms with E-state index >= 15 is 0 Å². The molecule has 0 aliphatic carbocycles. The Morgan fingerprint density at radius 2 is 1.90 bits per heavy atom. The number of aromatic nitrogens is 1. The van der Waals surface area contributed by atoms with Crippen molar-refractivity contribution in [3.63, 3.8) is 0 Å². The Kier molecular flexibility index (Phi) is 4.59. The minimum absolute atomic E-state index is 0.0856. The fourth-order valence-corrected chi connectivity index (χ4v) is 4.03. The van der Waals surface area contributed by atoms with Crippen molar-refractivity contribution in [3.8, 4) is 0 Å². The van der Waals surface area contributed by atoms with E-state index in [4.69, 9.17) is 0 Å². The zero-order valence-corrected chi connectivity index (χ0v) is 13.4. The van der Waals surface area contributed by atoms with Crippen LogP contribution in [0.1, 0.15) is 21.5 Å². The second-order valence-electron chi connectivity index (χ2n) is 4.22. The van der Waals surface area contributed by atoms with Crippen molar-refractivity contribution >= 4 is 46.0 Å². The number of hydrogen-bond donors (Lipinski definition) is 1. The van der Waals surface area contributed by atoms with Crippen molar-refractivity contribution < 1.29 is 4.79 Å². The number of carbonyl (C=O) groups is 1. The summed E-state index contributed by atoms with van der Waals surface area (Å²) in [6.45, 7) is 0. The van der Waals surface area contributed by atoms with Crippen molar-refractivity contribution in [2.24, 2.45) is 0 Å². The molecule has 0 bridgehead atoms. The standard InChI is InChI=1S/C15H12N2OS3/c18-14(6-5-11-9-19-10-16-11)17-15(12-3-1-7-20-12)13-4-2-8-21-13/h1-10,15H,(H,17,18)/b6-5-. The number of thiazole rings is 1. The van der Waals surface area contributed by atoms with Gasteiger partial charge in [0.25, 0.3) is 0 Å². The predicted octanol–water partition coefficient (Wildman–Crippen LogP) is 4.19. The van der Waals surface area contributed by atoms with Crippen molar-refractivity contribution in [3.05, 3.63) is 67.4 Å². The third-order valence-electron chi connectivity index (χ3n) is 2.80. The molecule has 0 saturated carbocycles. The lowest BCUT2D eigenvalue weighted by Crippen LogP contribution is -2.26. The van der Waals surface area contributed by atoms with Gasteiger partial charge in [-0.25, -0.2) is 4.98 Å². The van der Waals surface area contributed by atoms with Gasteiger partial charge >= 0.3 is 0 Å². The number of carbonyl (C=O) groups excluding carboxylic acids is 1. The summed E-state index contributed by atoms with van der Waals surface area (Å²) in [7, 11) is 0. The van der Waals surface area contributed by atoms with Crippen LogP contribution in [-0.2, 0) is 4.79 Å². The van der Waals surface area contributed by atoms with Crippen LogP contribution in [0, 0.1) is 0 Å². The van der Waals surface area contributed by atoms with E-state index in [2.05, 4.69) is 10.3 Å². The summed E-state index contributed by atoms with van der Waals surface area (Å²) < 4.78 is 0. The molecule has 1 amide bonds. The highest BCUT2D eigenvalue weighted by atomic mass is 32.1. The fourth-order valence-electron chi connectivity index (χ4n) is 1.85. The normalized spacial score (nSPS) is 11.3. The van der Waals surface area contributed by atoms with Crippen LogP contribution in [-0.4, -0.2) is 10.9 Å². The first kappa shape index (κ1) is 14.2. The predicted molar refractivity (Wildman–Crippen MR) is 89.8 cm³/mol. The van der Waals surface area contributed by atoms with Crippen LogP contribution in [0.15, 0.2) is 52.0 Å². The fraction of sp³-hybridized carbons (Fsp3) is 0.0667. The van der Waals surface area contributed by atoms with Crippen LogP contribution in [0.3, 0.4) is 0 Å². The van der Waals surface area contributed by atoms with Crippen molar-refractivity contribution in [1.29, 1.82) is 0 Å². The molecular weight excluding hydrogens is 320 g/mol. The largest absolute Gasteiger partial charge is 0.340 e. The van der Waals surface area contributed by atoms with Gasteiger partial charge in [0.2, 0.25) is 5.91 Å². The molecule has 0 atom stereocenters. The second kappa shape index (κ2) is 6.80. The van der Waals surface area contributed by atoms with Gasteiger partial charge in [-0.05, 0) is 29.0 Å². The molecule has 3 rings (SSSR count). The monoisotopic (exact) mass is 332 g/mol. The maximum Gasteiger partial charge on any atom is 0.244 e. The van der Waals surface area contributed by atoms with E-state index in [9.17, 15) is 4.79 Å². The summed E-state index contributed by atoms with van der Waals surface area (Å²) >= 11 is 4.80. The molecular formula is C15H12N2OS3. The molecule has 0 unspecified atom stereocenters. The van der Waals surface area contributed by atoms with Crippen LogP contribution >= 0.6 is 34.0 Å². The zero-order chi connectivity index (χ0) is 14.5. The molecule has 106 valence electrons. The van der Waals surface area contributed by atoms with Gasteiger partial charge in [0, 0.05) is 21.2 Å². The van der Waals surface area contributed by atoms with E-state index in [1.54, 1.807) is 34.3 Å². The Hall–Kier alpha value is -1.76. The van der Waals surface area contributed by atoms with Gasteiger partial charge in [0.1, 0.15) is 0 Å². The van der Waals surface area contributed by atoms with E-state index in [0.717, 1.165) is 15.4 Å². The molecule has 3 aromatic heterocycles. The Morgan fingerprint density at radius 3 is 2.43 bits per heavy atom. The summed E-state index contributed by atoms with van der Waals surface area (Å²) in [6, 6.07) is 7.99. The van der Waals surface area contributed by atoms with Crippen LogP contribution < -0.4 is 5.32 Å². The van der Waals surface area contributed by atoms with Gasteiger partial charge in [0.05, 0.1) is 17.2 Å². The molecule has 0 aromatic carbocycles. The highest BCUT2D eigenvalue weighted by molar-refractivity contribution is 7.11. The highest BCUT2D eigenvalue weighted by Gasteiger charge is 2.17. The highest BCUT2D eigenvalue weighted by Crippen LogP contribution is 2.29. The third-order valence-corrected chi connectivity index (χ3v) is 5.28. The SMILES string of the molecule is O=C(/C=C\c1cscn1)NC(c1cccs1)c1cccs1. The van der Waals surface area contributed by atoms with E-state index in [1.807, 2.05) is 40.4 Å². The van der Waals surface area contributed by atoms with Crippen LogP contribution in [0.4, 0.5) is 0 Å². The van der Waals surface area contributed by atoms with Gasteiger partial charge in [-0.1, -0.05) is 12.1 Å². The lowest BCUT2D eigenvalue weighted by atomic mass is 10.2. The summed E-state index contributed by atoms with van der Waals surface area (Å²) in [6.07, 6.45) is 3.26. The lowest BCUT2D eigenvalue weighted by molar-refractivity contribution is -0.116. The van der Waals surface area contributed by atoms with Crippen LogP contribution in [0.5, 0.6) is 0 Å². The van der Waals surface area contributed by atoms with E-state index in [-0.39, 0.29) is 11.9 Å². The number of nitrogens with zero attached hydrogens (tertiary/aromatic N) is 1. The summed E-state index contributed by atoms with van der Waals surface area (Å²) in [5.41, 5.74) is 2.55. The quantitative estimate of drug-likeness (QED) is 0.712. The average Bonchev–Trinajstić information content (AvgIpc) is 3.26. The molecule has 3 heterocycles. The van der Waals surface area contributed by atoms with Gasteiger partial charge in [-0.15, -0.1) is 34.0 Å². The maximum atomic E-state index is 12.1. The lowest BCUT2D eigenvalue weighted by Gasteiger charge is -2.14. The first-order valence-corrected chi connectivity index (χ1v) is 8.97. The number of amides is 1. The smallest absolute Gasteiger partial charge is 0.244 e. The Labute approximate surface area is 134 Å². The molecule has 6 heteroatoms. The second-order valence-corrected chi connectivity index (χ2v) is 6.90. The van der Waals surface area contributed by atoms with E-state index in [0.29, 0.717) is 0 Å². The first-order chi connectivity index (χ1) is 10.3. The molecule has 0 aliphatic rings. The summed E-state index contributed by atoms with van der Waals surface area (Å²) in [4.78, 5) is 18.5. The Balaban J connectivity index is 1.74. The number of nitrogens with one attached hydrogen (secondary N) is 1. The topological polar surface area (TPSA) is 42.0 Å². The van der Waals surface area contributed by atoms with E-state index in [1.165, 1.54) is 17.4 Å². The van der Waals surface area contributed by atoms with Crippen LogP contribution in [0.2, 0.25) is 0 Å². The Morgan fingerprint density at radius 1 is 1.19 bits per heavy atom. The summed E-state index contributed by atoms with van der Waals surface area (Å²) in [5.74, 6) is -0.116. The van der Waals surface area contributed by atoms with Crippen molar-refractivity contribution in [1.82, 2.24) is 10.3 Å². The number of hydrogen-bond acceptors (Lipinski definition) is 5. The number of rotatable bonds is 5. The molecule has 0 radical (unpaired) electrons. The molecule has 0 aliphatic heterocycles. The van der Waals surface area contributed by atoms with E-state index < -0.39 is 0 Å². The molecule has 3 nitrogen and oxygen atoms in total. The van der Waals surface area contributed by atoms with Crippen LogP contribution in [0.25, 0.3) is 6.08 Å².